The van der Waals surface area contributed by atoms with Crippen molar-refractivity contribution in [3.05, 3.63) is 0 Å². The summed E-state index contributed by atoms with van der Waals surface area (Å²) in [4.78, 5) is 0. The van der Waals surface area contributed by atoms with E-state index in [9.17, 15) is 25.2 Å². The Morgan fingerprint density at radius 2 is 1.00 bits per heavy atom. The van der Waals surface area contributed by atoms with E-state index in [-0.39, 0.29) is 1.43 Å². The summed E-state index contributed by atoms with van der Waals surface area (Å²) in [5, 5.41) is 0. The molecule has 0 aliphatic carbocycles. The molecule has 11 heteroatoms. The third kappa shape index (κ3) is 97200. The first-order chi connectivity index (χ1) is 4.18. The van der Waals surface area contributed by atoms with Gasteiger partial charge >= 0.3 is 34.4 Å². The van der Waals surface area contributed by atoms with E-state index in [4.69, 9.17) is 13.0 Å². The number of thiol groups is 1. The second-order valence-corrected chi connectivity index (χ2v) is 3.59. The predicted octanol–water partition coefficient (Wildman–Crippen LogP) is 2.57. The van der Waals surface area contributed by atoms with Crippen molar-refractivity contribution in [2.24, 2.45) is 0 Å². The van der Waals surface area contributed by atoms with E-state index in [1.165, 1.54) is 0 Å². The molecule has 0 spiro atoms. The predicted molar refractivity (Wildman–Crippen MR) is 27.6 cm³/mol. The van der Waals surface area contributed by atoms with E-state index in [0.717, 1.165) is 0 Å². The number of hydrogen-bond donors (Lipinski definition) is 2. The Bertz CT molecular complexity index is 178. The van der Waals surface area contributed by atoms with Crippen LogP contribution in [0, 0.1) is 0 Å². The number of halogens is 6. The molecule has 0 saturated carbocycles. The van der Waals surface area contributed by atoms with Crippen LogP contribution in [-0.2, 0) is 11.0 Å². The third-order valence-electron chi connectivity index (χ3n) is 0. The monoisotopic (exact) mass is 228 g/mol. The SMILES string of the molecule is F[P-](F)(F)(F)(F)F.O=[SH](=O)O.[H+]. The van der Waals surface area contributed by atoms with Crippen molar-refractivity contribution in [3.8, 4) is 0 Å². The minimum Gasteiger partial charge on any atom is -0.288 e. The van der Waals surface area contributed by atoms with E-state index in [1.807, 2.05) is 0 Å². The van der Waals surface area contributed by atoms with Crippen molar-refractivity contribution in [2.45, 2.75) is 0 Å². The zero-order valence-corrected chi connectivity index (χ0v) is 6.21. The Morgan fingerprint density at radius 3 is 1.00 bits per heavy atom. The van der Waals surface area contributed by atoms with Gasteiger partial charge in [0.1, 0.15) is 0 Å². The molecule has 0 heterocycles. The fourth-order valence-electron chi connectivity index (χ4n) is 0. The van der Waals surface area contributed by atoms with Crippen molar-refractivity contribution < 1.29 is 39.6 Å². The molecule has 0 fully saturated rings. The van der Waals surface area contributed by atoms with Gasteiger partial charge in [0.25, 0.3) is 11.0 Å². The van der Waals surface area contributed by atoms with E-state index in [2.05, 4.69) is 0 Å². The molecule has 1 N–H and O–H groups in total. The van der Waals surface area contributed by atoms with Gasteiger partial charge in [0.15, 0.2) is 0 Å². The number of hydrogen-bond acceptors (Lipinski definition) is 2. The topological polar surface area (TPSA) is 54.4 Å². The molecule has 0 aliphatic rings. The summed E-state index contributed by atoms with van der Waals surface area (Å²) in [7, 11) is -13.8. The van der Waals surface area contributed by atoms with Gasteiger partial charge in [-0.2, -0.15) is 0 Å². The zero-order chi connectivity index (χ0) is 9.99. The van der Waals surface area contributed by atoms with Crippen molar-refractivity contribution >= 4 is 18.8 Å². The molecular formula is H3F6O3PS. The van der Waals surface area contributed by atoms with Gasteiger partial charge in [0.05, 0.1) is 0 Å². The van der Waals surface area contributed by atoms with Crippen LogP contribution in [0.3, 0.4) is 0 Å². The van der Waals surface area contributed by atoms with Gasteiger partial charge in [-0.25, -0.2) is 8.42 Å². The second-order valence-electron chi connectivity index (χ2n) is 1.20. The average Bonchev–Trinajstić information content (AvgIpc) is 1.11. The van der Waals surface area contributed by atoms with Crippen LogP contribution >= 0.6 is 7.81 Å². The van der Waals surface area contributed by atoms with Gasteiger partial charge in [0.2, 0.25) is 0 Å². The Morgan fingerprint density at radius 1 is 1.00 bits per heavy atom. The van der Waals surface area contributed by atoms with Crippen LogP contribution in [-0.4, -0.2) is 13.0 Å². The van der Waals surface area contributed by atoms with Gasteiger partial charge in [-0.3, -0.25) is 4.55 Å². The van der Waals surface area contributed by atoms with Gasteiger partial charge in [-0.1, -0.05) is 0 Å². The van der Waals surface area contributed by atoms with Crippen LogP contribution in [0.5, 0.6) is 0 Å². The Labute approximate surface area is 59.5 Å². The first kappa shape index (κ1) is 13.5. The summed E-state index contributed by atoms with van der Waals surface area (Å²) in [6.45, 7) is 0. The summed E-state index contributed by atoms with van der Waals surface area (Å²) in [6, 6.07) is 0. The molecule has 0 aromatic heterocycles. The summed E-state index contributed by atoms with van der Waals surface area (Å²) in [6.07, 6.45) is 0. The van der Waals surface area contributed by atoms with Crippen molar-refractivity contribution in [1.29, 1.82) is 0 Å². The molecule has 11 heavy (non-hydrogen) atoms. The van der Waals surface area contributed by atoms with Crippen molar-refractivity contribution in [3.63, 3.8) is 0 Å². The van der Waals surface area contributed by atoms with E-state index < -0.39 is 18.8 Å². The molecule has 74 valence electrons. The molecule has 0 rings (SSSR count). The number of rotatable bonds is 0. The molecule has 0 radical (unpaired) electrons. The van der Waals surface area contributed by atoms with Gasteiger partial charge < -0.3 is 0 Å². The van der Waals surface area contributed by atoms with Gasteiger partial charge in [0, 0.05) is 0 Å². The standard InChI is InChI=1S/F6P.H2O3S/c1-7(2,3,4,5)6;1-4(2)3/h;4H,(H,1,2,3)/q-1;/p+1. The van der Waals surface area contributed by atoms with Crippen LogP contribution in [0.25, 0.3) is 0 Å². The maximum absolute atomic E-state index is 10.7. The summed E-state index contributed by atoms with van der Waals surface area (Å²) in [5.41, 5.74) is 0. The van der Waals surface area contributed by atoms with Crippen LogP contribution in [0.4, 0.5) is 25.2 Å². The molecule has 0 aliphatic heterocycles. The normalized spacial score (nSPS) is 17.8. The average molecular weight is 228 g/mol. The first-order valence-corrected chi connectivity index (χ1v) is 4.74. The zero-order valence-electron chi connectivity index (χ0n) is 5.43. The Kier molecular flexibility index (Phi) is 3.02. The van der Waals surface area contributed by atoms with Crippen LogP contribution in [0.15, 0.2) is 0 Å². The smallest absolute Gasteiger partial charge is 0.288 e. The van der Waals surface area contributed by atoms with Crippen LogP contribution in [0.2, 0.25) is 0 Å². The molecule has 0 atom stereocenters. The van der Waals surface area contributed by atoms with E-state index in [0.29, 0.717) is 0 Å². The fraction of sp³-hybridized carbons (Fsp3) is 0. The quantitative estimate of drug-likeness (QED) is 0.290. The molecule has 0 saturated heterocycles. The van der Waals surface area contributed by atoms with Crippen molar-refractivity contribution in [2.75, 3.05) is 0 Å². The van der Waals surface area contributed by atoms with E-state index >= 15 is 0 Å². The minimum absolute atomic E-state index is 0. The van der Waals surface area contributed by atoms with Crippen LogP contribution < -0.4 is 0 Å². The maximum atomic E-state index is 9.87. The summed E-state index contributed by atoms with van der Waals surface area (Å²) >= 11 is 0. The van der Waals surface area contributed by atoms with Crippen molar-refractivity contribution in [1.82, 2.24) is 0 Å². The second kappa shape index (κ2) is 2.46. The molecular weight excluding hydrogens is 225 g/mol. The minimum atomic E-state index is -10.7. The molecule has 0 aromatic rings. The van der Waals surface area contributed by atoms with E-state index in [1.54, 1.807) is 0 Å². The summed E-state index contributed by atoms with van der Waals surface area (Å²) < 4.78 is 83.4. The third-order valence-corrected chi connectivity index (χ3v) is 0. The molecule has 0 amide bonds. The van der Waals surface area contributed by atoms with Crippen LogP contribution in [0.1, 0.15) is 1.43 Å². The Balaban J connectivity index is -0.000000142. The molecule has 0 bridgehead atoms. The largest absolute Gasteiger partial charge is 1.00 e. The van der Waals surface area contributed by atoms with Gasteiger partial charge in [-0.15, -0.1) is 0 Å². The molecule has 3 nitrogen and oxygen atoms in total. The Hall–Kier alpha value is -0.0800. The maximum Gasteiger partial charge on any atom is 1.00 e. The summed E-state index contributed by atoms with van der Waals surface area (Å²) in [5.74, 6) is 0. The molecule has 0 unspecified atom stereocenters. The molecule has 0 aromatic carbocycles. The fourth-order valence-corrected chi connectivity index (χ4v) is 0. The van der Waals surface area contributed by atoms with Gasteiger partial charge in [-0.05, 0) is 0 Å². The first-order valence-electron chi connectivity index (χ1n) is 1.58.